The summed E-state index contributed by atoms with van der Waals surface area (Å²) in [6.45, 7) is 13.6. The molecule has 0 aromatic carbocycles. The van der Waals surface area contributed by atoms with E-state index in [0.717, 1.165) is 5.92 Å². The van der Waals surface area contributed by atoms with Crippen LogP contribution in [0.5, 0.6) is 0 Å². The summed E-state index contributed by atoms with van der Waals surface area (Å²) in [5.74, 6) is 2.71. The van der Waals surface area contributed by atoms with E-state index in [-0.39, 0.29) is 5.78 Å². The molecular weight excluding hydrogens is 220 g/mol. The molecule has 1 fully saturated rings. The van der Waals surface area contributed by atoms with Gasteiger partial charge >= 0.3 is 0 Å². The number of hydrogen-bond donors (Lipinski definition) is 0. The van der Waals surface area contributed by atoms with Crippen molar-refractivity contribution in [2.24, 2.45) is 29.1 Å². The maximum Gasteiger partial charge on any atom is 0.155 e. The Labute approximate surface area is 113 Å². The molecule has 104 valence electrons. The van der Waals surface area contributed by atoms with Crippen LogP contribution >= 0.6 is 0 Å². The molecule has 0 aliphatic heterocycles. The highest BCUT2D eigenvalue weighted by molar-refractivity contribution is 5.89. The molecule has 1 rings (SSSR count). The smallest absolute Gasteiger partial charge is 0.155 e. The Kier molecular flexibility index (Phi) is 5.19. The maximum absolute atomic E-state index is 11.8. The lowest BCUT2D eigenvalue weighted by atomic mass is 9.59. The van der Waals surface area contributed by atoms with Gasteiger partial charge in [-0.3, -0.25) is 4.79 Å². The van der Waals surface area contributed by atoms with Crippen LogP contribution in [0.25, 0.3) is 0 Å². The normalized spacial score (nSPS) is 32.1. The molecule has 0 amide bonds. The molecule has 0 bridgehead atoms. The SMILES string of the molecule is CC(C)CC(=O)/C=C/C1C(C)CCC(C)C1(C)C. The first-order chi connectivity index (χ1) is 8.25. The monoisotopic (exact) mass is 250 g/mol. The van der Waals surface area contributed by atoms with Crippen LogP contribution in [-0.4, -0.2) is 5.78 Å². The molecule has 1 heteroatoms. The fraction of sp³-hybridized carbons (Fsp3) is 0.824. The van der Waals surface area contributed by atoms with Crippen LogP contribution in [0, 0.1) is 29.1 Å². The quantitative estimate of drug-likeness (QED) is 0.651. The average Bonchev–Trinajstić information content (AvgIpc) is 2.22. The van der Waals surface area contributed by atoms with Crippen LogP contribution in [0.2, 0.25) is 0 Å². The standard InChI is InChI=1S/C17H30O/c1-12(2)11-15(18)9-10-16-13(3)7-8-14(4)17(16,5)6/h9-10,12-14,16H,7-8,11H2,1-6H3/b10-9+. The summed E-state index contributed by atoms with van der Waals surface area (Å²) in [6, 6.07) is 0. The minimum atomic E-state index is 0.284. The van der Waals surface area contributed by atoms with Crippen molar-refractivity contribution < 1.29 is 4.79 Å². The number of hydrogen-bond acceptors (Lipinski definition) is 1. The largest absolute Gasteiger partial charge is 0.295 e. The van der Waals surface area contributed by atoms with Gasteiger partial charge in [0.15, 0.2) is 5.78 Å². The molecule has 1 aliphatic carbocycles. The van der Waals surface area contributed by atoms with Crippen LogP contribution in [0.3, 0.4) is 0 Å². The first-order valence-electron chi connectivity index (χ1n) is 7.46. The Bertz CT molecular complexity index is 312. The van der Waals surface area contributed by atoms with Crippen LogP contribution in [0.4, 0.5) is 0 Å². The van der Waals surface area contributed by atoms with E-state index < -0.39 is 0 Å². The van der Waals surface area contributed by atoms with Gasteiger partial charge in [-0.1, -0.05) is 47.6 Å². The molecule has 3 atom stereocenters. The van der Waals surface area contributed by atoms with E-state index in [0.29, 0.717) is 29.6 Å². The Balaban J connectivity index is 2.73. The highest BCUT2D eigenvalue weighted by Crippen LogP contribution is 2.48. The first-order valence-corrected chi connectivity index (χ1v) is 7.46. The van der Waals surface area contributed by atoms with Gasteiger partial charge in [-0.25, -0.2) is 0 Å². The number of allylic oxidation sites excluding steroid dienone is 2. The summed E-state index contributed by atoms with van der Waals surface area (Å²) in [7, 11) is 0. The van der Waals surface area contributed by atoms with Crippen LogP contribution in [0.1, 0.15) is 60.8 Å². The Morgan fingerprint density at radius 2 is 1.89 bits per heavy atom. The summed E-state index contributed by atoms with van der Waals surface area (Å²) in [5, 5.41) is 0. The van der Waals surface area contributed by atoms with E-state index in [1.807, 2.05) is 6.08 Å². The molecule has 3 unspecified atom stereocenters. The molecule has 0 aromatic heterocycles. The predicted octanol–water partition coefficient (Wildman–Crippen LogP) is 4.87. The zero-order valence-electron chi connectivity index (χ0n) is 13.0. The molecule has 0 heterocycles. The van der Waals surface area contributed by atoms with Gasteiger partial charge in [-0.15, -0.1) is 0 Å². The molecule has 1 nitrogen and oxygen atoms in total. The fourth-order valence-corrected chi connectivity index (χ4v) is 3.25. The molecule has 0 saturated heterocycles. The molecule has 0 N–H and O–H groups in total. The zero-order valence-corrected chi connectivity index (χ0v) is 13.0. The number of ketones is 1. The minimum Gasteiger partial charge on any atom is -0.295 e. The van der Waals surface area contributed by atoms with Crippen molar-refractivity contribution in [2.75, 3.05) is 0 Å². The van der Waals surface area contributed by atoms with Gasteiger partial charge in [-0.05, 0) is 48.0 Å². The van der Waals surface area contributed by atoms with E-state index in [9.17, 15) is 4.79 Å². The Morgan fingerprint density at radius 1 is 1.28 bits per heavy atom. The van der Waals surface area contributed by atoms with Crippen molar-refractivity contribution in [3.63, 3.8) is 0 Å². The lowest BCUT2D eigenvalue weighted by Crippen LogP contribution is -2.38. The second-order valence-electron chi connectivity index (χ2n) is 7.23. The summed E-state index contributed by atoms with van der Waals surface area (Å²) in [4.78, 5) is 11.8. The summed E-state index contributed by atoms with van der Waals surface area (Å²) < 4.78 is 0. The van der Waals surface area contributed by atoms with Crippen molar-refractivity contribution >= 4 is 5.78 Å². The fourth-order valence-electron chi connectivity index (χ4n) is 3.25. The van der Waals surface area contributed by atoms with Crippen molar-refractivity contribution in [1.29, 1.82) is 0 Å². The Morgan fingerprint density at radius 3 is 2.44 bits per heavy atom. The molecular formula is C17H30O. The van der Waals surface area contributed by atoms with Crippen molar-refractivity contribution in [3.05, 3.63) is 12.2 Å². The number of carbonyl (C=O) groups is 1. The number of rotatable bonds is 4. The van der Waals surface area contributed by atoms with Crippen molar-refractivity contribution in [1.82, 2.24) is 0 Å². The van der Waals surface area contributed by atoms with Crippen LogP contribution in [-0.2, 0) is 4.79 Å². The molecule has 18 heavy (non-hydrogen) atoms. The summed E-state index contributed by atoms with van der Waals surface area (Å²) in [6.07, 6.45) is 7.33. The first kappa shape index (κ1) is 15.5. The van der Waals surface area contributed by atoms with Gasteiger partial charge < -0.3 is 0 Å². The molecule has 0 radical (unpaired) electrons. The highest BCUT2D eigenvalue weighted by atomic mass is 16.1. The van der Waals surface area contributed by atoms with Crippen LogP contribution < -0.4 is 0 Å². The highest BCUT2D eigenvalue weighted by Gasteiger charge is 2.40. The predicted molar refractivity (Wildman–Crippen MR) is 78.4 cm³/mol. The third kappa shape index (κ3) is 3.70. The second kappa shape index (κ2) is 6.04. The van der Waals surface area contributed by atoms with E-state index in [1.54, 1.807) is 0 Å². The lowest BCUT2D eigenvalue weighted by molar-refractivity contribution is -0.115. The van der Waals surface area contributed by atoms with Gasteiger partial charge in [0.2, 0.25) is 0 Å². The molecule has 0 aromatic rings. The van der Waals surface area contributed by atoms with E-state index in [2.05, 4.69) is 47.6 Å². The summed E-state index contributed by atoms with van der Waals surface area (Å²) >= 11 is 0. The maximum atomic E-state index is 11.8. The zero-order chi connectivity index (χ0) is 13.9. The third-order valence-corrected chi connectivity index (χ3v) is 4.90. The Hall–Kier alpha value is -0.590. The molecule has 1 aliphatic rings. The second-order valence-corrected chi connectivity index (χ2v) is 7.23. The average molecular weight is 250 g/mol. The van der Waals surface area contributed by atoms with E-state index >= 15 is 0 Å². The third-order valence-electron chi connectivity index (χ3n) is 4.90. The topological polar surface area (TPSA) is 17.1 Å². The minimum absolute atomic E-state index is 0.284. The van der Waals surface area contributed by atoms with Gasteiger partial charge in [0, 0.05) is 6.42 Å². The van der Waals surface area contributed by atoms with E-state index in [4.69, 9.17) is 0 Å². The molecule has 0 spiro atoms. The lowest BCUT2D eigenvalue weighted by Gasteiger charge is -2.46. The van der Waals surface area contributed by atoms with Gasteiger partial charge in [0.1, 0.15) is 0 Å². The number of carbonyl (C=O) groups excluding carboxylic acids is 1. The van der Waals surface area contributed by atoms with E-state index in [1.165, 1.54) is 12.8 Å². The molecule has 1 saturated carbocycles. The van der Waals surface area contributed by atoms with Gasteiger partial charge in [0.25, 0.3) is 0 Å². The van der Waals surface area contributed by atoms with Crippen LogP contribution in [0.15, 0.2) is 12.2 Å². The summed E-state index contributed by atoms with van der Waals surface area (Å²) in [5.41, 5.74) is 0.312. The van der Waals surface area contributed by atoms with Gasteiger partial charge in [-0.2, -0.15) is 0 Å². The van der Waals surface area contributed by atoms with Gasteiger partial charge in [0.05, 0.1) is 0 Å². The van der Waals surface area contributed by atoms with Crippen molar-refractivity contribution in [2.45, 2.75) is 60.8 Å². The van der Waals surface area contributed by atoms with Crippen molar-refractivity contribution in [3.8, 4) is 0 Å².